The number of nitrogens with one attached hydrogen (secondary N) is 1. The first kappa shape index (κ1) is 12.6. The smallest absolute Gasteiger partial charge is 0.164 e. The topological polar surface area (TPSA) is 30.5 Å². The molecule has 0 spiro atoms. The number of hydrogen-bond acceptors (Lipinski definition) is 3. The molecule has 1 fully saturated rings. The lowest BCUT2D eigenvalue weighted by atomic mass is 10.2. The minimum atomic E-state index is -0.564. The molecule has 0 unspecified atom stereocenters. The van der Waals surface area contributed by atoms with Gasteiger partial charge in [-0.1, -0.05) is 17.7 Å². The van der Waals surface area contributed by atoms with Gasteiger partial charge < -0.3 is 14.8 Å². The predicted molar refractivity (Wildman–Crippen MR) is 64.8 cm³/mol. The van der Waals surface area contributed by atoms with Gasteiger partial charge in [-0.2, -0.15) is 0 Å². The van der Waals surface area contributed by atoms with Gasteiger partial charge in [0, 0.05) is 0 Å². The fourth-order valence-electron chi connectivity index (χ4n) is 1.61. The molecule has 2 rings (SSSR count). The minimum absolute atomic E-state index is 0.0732. The molecule has 1 aliphatic heterocycles. The SMILES string of the molecule is CC1(C)OCC(Nc2cccc(Cl)c2F)CO1. The summed E-state index contributed by atoms with van der Waals surface area (Å²) in [6, 6.07) is 4.78. The van der Waals surface area contributed by atoms with Crippen molar-refractivity contribution in [1.29, 1.82) is 0 Å². The molecule has 0 radical (unpaired) electrons. The van der Waals surface area contributed by atoms with Crippen molar-refractivity contribution in [3.63, 3.8) is 0 Å². The van der Waals surface area contributed by atoms with Crippen molar-refractivity contribution in [2.45, 2.75) is 25.7 Å². The van der Waals surface area contributed by atoms with Gasteiger partial charge in [0.15, 0.2) is 11.6 Å². The van der Waals surface area contributed by atoms with Crippen LogP contribution in [-0.4, -0.2) is 25.0 Å². The zero-order valence-electron chi connectivity index (χ0n) is 9.80. The molecule has 1 saturated heterocycles. The summed E-state index contributed by atoms with van der Waals surface area (Å²) in [5.41, 5.74) is 0.370. The van der Waals surface area contributed by atoms with Gasteiger partial charge in [-0.05, 0) is 26.0 Å². The molecule has 17 heavy (non-hydrogen) atoms. The van der Waals surface area contributed by atoms with Crippen LogP contribution in [0.5, 0.6) is 0 Å². The van der Waals surface area contributed by atoms with E-state index < -0.39 is 11.6 Å². The first-order valence-electron chi connectivity index (χ1n) is 5.46. The normalized spacial score (nSPS) is 20.2. The molecule has 0 aromatic heterocycles. The fourth-order valence-corrected chi connectivity index (χ4v) is 1.79. The highest BCUT2D eigenvalue weighted by Crippen LogP contribution is 2.24. The molecule has 94 valence electrons. The van der Waals surface area contributed by atoms with Crippen LogP contribution in [0.25, 0.3) is 0 Å². The monoisotopic (exact) mass is 259 g/mol. The van der Waals surface area contributed by atoms with Crippen LogP contribution >= 0.6 is 11.6 Å². The van der Waals surface area contributed by atoms with Crippen LogP contribution in [0.3, 0.4) is 0 Å². The molecule has 3 nitrogen and oxygen atoms in total. The van der Waals surface area contributed by atoms with Crippen molar-refractivity contribution in [3.8, 4) is 0 Å². The lowest BCUT2D eigenvalue weighted by Crippen LogP contribution is -2.45. The maximum atomic E-state index is 13.6. The summed E-state index contributed by atoms with van der Waals surface area (Å²) in [5.74, 6) is -1.01. The first-order valence-corrected chi connectivity index (χ1v) is 5.84. The van der Waals surface area contributed by atoms with E-state index in [0.29, 0.717) is 18.9 Å². The molecule has 1 N–H and O–H groups in total. The van der Waals surface area contributed by atoms with Gasteiger partial charge in [-0.15, -0.1) is 0 Å². The van der Waals surface area contributed by atoms with E-state index in [0.717, 1.165) is 0 Å². The molecule has 5 heteroatoms. The molecular formula is C12H15ClFNO2. The van der Waals surface area contributed by atoms with E-state index in [4.69, 9.17) is 21.1 Å². The van der Waals surface area contributed by atoms with Crippen LogP contribution in [-0.2, 0) is 9.47 Å². The Bertz CT molecular complexity index is 401. The fraction of sp³-hybridized carbons (Fsp3) is 0.500. The Hall–Kier alpha value is -0.840. The van der Waals surface area contributed by atoms with Crippen LogP contribution in [0.2, 0.25) is 5.02 Å². The van der Waals surface area contributed by atoms with Crippen molar-refractivity contribution in [2.75, 3.05) is 18.5 Å². The number of hydrogen-bond donors (Lipinski definition) is 1. The Morgan fingerprint density at radius 3 is 2.65 bits per heavy atom. The highest BCUT2D eigenvalue weighted by molar-refractivity contribution is 6.31. The summed E-state index contributed by atoms with van der Waals surface area (Å²) in [4.78, 5) is 0. The summed E-state index contributed by atoms with van der Waals surface area (Å²) >= 11 is 5.70. The highest BCUT2D eigenvalue weighted by atomic mass is 35.5. The molecule has 1 heterocycles. The minimum Gasteiger partial charge on any atom is -0.375 e. The van der Waals surface area contributed by atoms with Crippen molar-refractivity contribution < 1.29 is 13.9 Å². The largest absolute Gasteiger partial charge is 0.375 e. The Morgan fingerprint density at radius 1 is 1.35 bits per heavy atom. The molecule has 0 aliphatic carbocycles. The summed E-state index contributed by atoms with van der Waals surface area (Å²) in [6.07, 6.45) is 0. The van der Waals surface area contributed by atoms with Crippen molar-refractivity contribution in [2.24, 2.45) is 0 Å². The lowest BCUT2D eigenvalue weighted by Gasteiger charge is -2.35. The average Bonchev–Trinajstić information content (AvgIpc) is 2.27. The third kappa shape index (κ3) is 3.09. The number of halogens is 2. The zero-order chi connectivity index (χ0) is 12.5. The summed E-state index contributed by atoms with van der Waals surface area (Å²) in [6.45, 7) is 4.64. The van der Waals surface area contributed by atoms with Gasteiger partial charge in [0.05, 0.1) is 30.0 Å². The second-order valence-corrected chi connectivity index (χ2v) is 4.87. The Kier molecular flexibility index (Phi) is 3.56. The zero-order valence-corrected chi connectivity index (χ0v) is 10.6. The van der Waals surface area contributed by atoms with Crippen molar-refractivity contribution in [1.82, 2.24) is 0 Å². The number of benzene rings is 1. The van der Waals surface area contributed by atoms with Crippen LogP contribution in [0, 0.1) is 5.82 Å². The average molecular weight is 260 g/mol. The van der Waals surface area contributed by atoms with E-state index in [1.807, 2.05) is 13.8 Å². The number of rotatable bonds is 2. The van der Waals surface area contributed by atoms with Crippen LogP contribution in [0.4, 0.5) is 10.1 Å². The van der Waals surface area contributed by atoms with Gasteiger partial charge in [-0.25, -0.2) is 4.39 Å². The maximum Gasteiger partial charge on any atom is 0.164 e. The molecule has 1 aliphatic rings. The molecule has 0 bridgehead atoms. The molecule has 0 atom stereocenters. The van der Waals surface area contributed by atoms with Crippen molar-refractivity contribution in [3.05, 3.63) is 29.0 Å². The van der Waals surface area contributed by atoms with Crippen LogP contribution in [0.15, 0.2) is 18.2 Å². The van der Waals surface area contributed by atoms with E-state index >= 15 is 0 Å². The molecule has 0 saturated carbocycles. The van der Waals surface area contributed by atoms with E-state index in [2.05, 4.69) is 5.32 Å². The summed E-state index contributed by atoms with van der Waals surface area (Å²) in [5, 5.41) is 3.12. The van der Waals surface area contributed by atoms with E-state index in [1.54, 1.807) is 12.1 Å². The highest BCUT2D eigenvalue weighted by Gasteiger charge is 2.28. The van der Waals surface area contributed by atoms with Crippen LogP contribution < -0.4 is 5.32 Å². The van der Waals surface area contributed by atoms with Crippen LogP contribution in [0.1, 0.15) is 13.8 Å². The second kappa shape index (κ2) is 4.80. The maximum absolute atomic E-state index is 13.6. The van der Waals surface area contributed by atoms with E-state index in [9.17, 15) is 4.39 Å². The quantitative estimate of drug-likeness (QED) is 0.886. The molecule has 1 aromatic carbocycles. The standard InChI is InChI=1S/C12H15ClFNO2/c1-12(2)16-6-8(7-17-12)15-10-5-3-4-9(13)11(10)14/h3-5,8,15H,6-7H2,1-2H3. The van der Waals surface area contributed by atoms with Gasteiger partial charge in [0.2, 0.25) is 0 Å². The predicted octanol–water partition coefficient (Wildman–Crippen LogP) is 3.04. The van der Waals surface area contributed by atoms with E-state index in [-0.39, 0.29) is 11.1 Å². The van der Waals surface area contributed by atoms with E-state index in [1.165, 1.54) is 6.07 Å². The van der Waals surface area contributed by atoms with Gasteiger partial charge >= 0.3 is 0 Å². The summed E-state index contributed by atoms with van der Waals surface area (Å²) in [7, 11) is 0. The third-order valence-corrected chi connectivity index (χ3v) is 2.87. The van der Waals surface area contributed by atoms with Gasteiger partial charge in [0.25, 0.3) is 0 Å². The van der Waals surface area contributed by atoms with Crippen molar-refractivity contribution >= 4 is 17.3 Å². The molecule has 0 amide bonds. The Labute approximate surface area is 105 Å². The first-order chi connectivity index (χ1) is 7.98. The molecular weight excluding hydrogens is 245 g/mol. The number of anilines is 1. The Balaban J connectivity index is 2.00. The number of ether oxygens (including phenoxy) is 2. The molecule has 1 aromatic rings. The lowest BCUT2D eigenvalue weighted by molar-refractivity contribution is -0.247. The van der Waals surface area contributed by atoms with Gasteiger partial charge in [-0.3, -0.25) is 0 Å². The van der Waals surface area contributed by atoms with Gasteiger partial charge in [0.1, 0.15) is 0 Å². The third-order valence-electron chi connectivity index (χ3n) is 2.58. The second-order valence-electron chi connectivity index (χ2n) is 4.46. The Morgan fingerprint density at radius 2 is 2.00 bits per heavy atom. The summed E-state index contributed by atoms with van der Waals surface area (Å²) < 4.78 is 24.6.